The highest BCUT2D eigenvalue weighted by Gasteiger charge is 2.13. The van der Waals surface area contributed by atoms with Crippen LogP contribution in [-0.4, -0.2) is 22.4 Å². The minimum atomic E-state index is -0.957. The van der Waals surface area contributed by atoms with Gasteiger partial charge in [0.1, 0.15) is 6.23 Å². The molecule has 0 aromatic heterocycles. The molecule has 1 atom stereocenters. The van der Waals surface area contributed by atoms with Crippen molar-refractivity contribution in [3.8, 4) is 0 Å². The number of aliphatic hydroxyl groups is 1. The van der Waals surface area contributed by atoms with Gasteiger partial charge in [-0.15, -0.1) is 0 Å². The molecule has 4 nitrogen and oxygen atoms in total. The Labute approximate surface area is 92.7 Å². The van der Waals surface area contributed by atoms with E-state index in [-0.39, 0.29) is 5.56 Å². The van der Waals surface area contributed by atoms with E-state index < -0.39 is 12.2 Å². The van der Waals surface area contributed by atoms with E-state index in [1.807, 2.05) is 0 Å². The predicted molar refractivity (Wildman–Crippen MR) is 60.2 cm³/mol. The molecule has 2 rings (SSSR count). The first-order chi connectivity index (χ1) is 7.68. The number of carboxylic acids is 1. The molecule has 0 saturated heterocycles. The fraction of sp³-hybridized carbons (Fsp3) is 0.0833. The van der Waals surface area contributed by atoms with E-state index in [4.69, 9.17) is 5.11 Å². The normalized spacial score (nSPS) is 18.8. The van der Waals surface area contributed by atoms with E-state index in [2.05, 4.69) is 0 Å². The number of hydrogen-bond donors (Lipinski definition) is 2. The summed E-state index contributed by atoms with van der Waals surface area (Å²) < 4.78 is 0. The standard InChI is InChI=1S/C12H11NO3/c14-11-3-1-2-8-13(11)10-6-4-9(5-7-10)12(15)16/h1-8,11,14H,(H,15,16). The minimum absolute atomic E-state index is 0.231. The van der Waals surface area contributed by atoms with Crippen LogP contribution in [0.5, 0.6) is 0 Å². The zero-order valence-electron chi connectivity index (χ0n) is 8.45. The van der Waals surface area contributed by atoms with Crippen molar-refractivity contribution in [2.75, 3.05) is 4.90 Å². The largest absolute Gasteiger partial charge is 0.478 e. The second kappa shape index (κ2) is 4.20. The van der Waals surface area contributed by atoms with Crippen LogP contribution >= 0.6 is 0 Å². The highest BCUT2D eigenvalue weighted by molar-refractivity contribution is 5.88. The van der Waals surface area contributed by atoms with Crippen molar-refractivity contribution in [2.24, 2.45) is 0 Å². The molecular weight excluding hydrogens is 206 g/mol. The molecular formula is C12H11NO3. The van der Waals surface area contributed by atoms with Crippen molar-refractivity contribution in [1.82, 2.24) is 0 Å². The van der Waals surface area contributed by atoms with E-state index in [1.54, 1.807) is 41.5 Å². The van der Waals surface area contributed by atoms with Gasteiger partial charge in [0, 0.05) is 11.9 Å². The van der Waals surface area contributed by atoms with Crippen LogP contribution in [0.4, 0.5) is 5.69 Å². The Kier molecular flexibility index (Phi) is 2.74. The number of hydrogen-bond acceptors (Lipinski definition) is 3. The molecule has 1 heterocycles. The number of aromatic carboxylic acids is 1. The summed E-state index contributed by atoms with van der Waals surface area (Å²) in [6.45, 7) is 0. The summed E-state index contributed by atoms with van der Waals surface area (Å²) in [6, 6.07) is 6.35. The van der Waals surface area contributed by atoms with Gasteiger partial charge in [-0.3, -0.25) is 0 Å². The predicted octanol–water partition coefficient (Wildman–Crippen LogP) is 1.59. The SMILES string of the molecule is O=C(O)c1ccc(N2C=CC=CC2O)cc1. The lowest BCUT2D eigenvalue weighted by atomic mass is 10.2. The first kappa shape index (κ1) is 10.4. The fourth-order valence-corrected chi connectivity index (χ4v) is 1.50. The first-order valence-corrected chi connectivity index (χ1v) is 4.83. The number of carboxylic acid groups (broad SMARTS) is 1. The molecule has 1 aromatic carbocycles. The number of benzene rings is 1. The zero-order chi connectivity index (χ0) is 11.5. The van der Waals surface area contributed by atoms with Crippen LogP contribution in [0.2, 0.25) is 0 Å². The van der Waals surface area contributed by atoms with E-state index in [0.29, 0.717) is 0 Å². The summed E-state index contributed by atoms with van der Waals surface area (Å²) in [5.41, 5.74) is 0.980. The Bertz CT molecular complexity index is 448. The van der Waals surface area contributed by atoms with E-state index in [0.717, 1.165) is 5.69 Å². The zero-order valence-corrected chi connectivity index (χ0v) is 8.45. The van der Waals surface area contributed by atoms with Gasteiger partial charge in [0.05, 0.1) is 5.56 Å². The van der Waals surface area contributed by atoms with Crippen LogP contribution in [-0.2, 0) is 0 Å². The average molecular weight is 217 g/mol. The van der Waals surface area contributed by atoms with E-state index >= 15 is 0 Å². The molecule has 0 radical (unpaired) electrons. The molecule has 1 aliphatic heterocycles. The number of anilines is 1. The Morgan fingerprint density at radius 3 is 2.44 bits per heavy atom. The molecule has 1 aromatic rings. The van der Waals surface area contributed by atoms with Gasteiger partial charge in [-0.2, -0.15) is 0 Å². The number of allylic oxidation sites excluding steroid dienone is 2. The lowest BCUT2D eigenvalue weighted by Gasteiger charge is -2.26. The van der Waals surface area contributed by atoms with Crippen molar-refractivity contribution >= 4 is 11.7 Å². The van der Waals surface area contributed by atoms with Gasteiger partial charge in [0.15, 0.2) is 0 Å². The monoisotopic (exact) mass is 217 g/mol. The summed E-state index contributed by atoms with van der Waals surface area (Å²) in [5, 5.41) is 18.4. The average Bonchev–Trinajstić information content (AvgIpc) is 2.30. The highest BCUT2D eigenvalue weighted by atomic mass is 16.4. The summed E-state index contributed by atoms with van der Waals surface area (Å²) in [6.07, 6.45) is 6.23. The molecule has 0 saturated carbocycles. The molecule has 0 aliphatic carbocycles. The van der Waals surface area contributed by atoms with Gasteiger partial charge >= 0.3 is 5.97 Å². The van der Waals surface area contributed by atoms with Gasteiger partial charge < -0.3 is 15.1 Å². The third kappa shape index (κ3) is 1.97. The quantitative estimate of drug-likeness (QED) is 0.789. The summed E-state index contributed by atoms with van der Waals surface area (Å²) in [7, 11) is 0. The second-order valence-electron chi connectivity index (χ2n) is 3.40. The molecule has 0 fully saturated rings. The maximum Gasteiger partial charge on any atom is 0.335 e. The lowest BCUT2D eigenvalue weighted by Crippen LogP contribution is -2.29. The minimum Gasteiger partial charge on any atom is -0.478 e. The van der Waals surface area contributed by atoms with Crippen LogP contribution in [0, 0.1) is 0 Å². The smallest absolute Gasteiger partial charge is 0.335 e. The molecule has 2 N–H and O–H groups in total. The Morgan fingerprint density at radius 1 is 1.19 bits per heavy atom. The Morgan fingerprint density at radius 2 is 1.88 bits per heavy atom. The lowest BCUT2D eigenvalue weighted by molar-refractivity contribution is 0.0697. The van der Waals surface area contributed by atoms with Crippen molar-refractivity contribution < 1.29 is 15.0 Å². The summed E-state index contributed by atoms with van der Waals surface area (Å²) in [5.74, 6) is -0.957. The Balaban J connectivity index is 2.25. The third-order valence-corrected chi connectivity index (χ3v) is 2.34. The van der Waals surface area contributed by atoms with Crippen LogP contribution in [0.25, 0.3) is 0 Å². The molecule has 0 amide bonds. The van der Waals surface area contributed by atoms with Gasteiger partial charge in [-0.25, -0.2) is 4.79 Å². The van der Waals surface area contributed by atoms with E-state index in [1.165, 1.54) is 12.1 Å². The van der Waals surface area contributed by atoms with Crippen molar-refractivity contribution in [3.63, 3.8) is 0 Å². The maximum absolute atomic E-state index is 10.7. The number of nitrogens with zero attached hydrogens (tertiary/aromatic N) is 1. The molecule has 1 aliphatic rings. The third-order valence-electron chi connectivity index (χ3n) is 2.34. The topological polar surface area (TPSA) is 60.8 Å². The van der Waals surface area contributed by atoms with Crippen LogP contribution in [0.15, 0.2) is 48.7 Å². The van der Waals surface area contributed by atoms with Crippen LogP contribution in [0.3, 0.4) is 0 Å². The van der Waals surface area contributed by atoms with Crippen molar-refractivity contribution in [1.29, 1.82) is 0 Å². The van der Waals surface area contributed by atoms with E-state index in [9.17, 15) is 9.90 Å². The highest BCUT2D eigenvalue weighted by Crippen LogP contribution is 2.20. The van der Waals surface area contributed by atoms with Gasteiger partial charge in [0.2, 0.25) is 0 Å². The van der Waals surface area contributed by atoms with Gasteiger partial charge in [-0.05, 0) is 36.4 Å². The van der Waals surface area contributed by atoms with Crippen LogP contribution in [0.1, 0.15) is 10.4 Å². The van der Waals surface area contributed by atoms with Gasteiger partial charge in [-0.1, -0.05) is 6.08 Å². The molecule has 16 heavy (non-hydrogen) atoms. The Hall–Kier alpha value is -2.07. The summed E-state index contributed by atoms with van der Waals surface area (Å²) in [4.78, 5) is 12.3. The molecule has 1 unspecified atom stereocenters. The maximum atomic E-state index is 10.7. The van der Waals surface area contributed by atoms with Crippen LogP contribution < -0.4 is 4.90 Å². The van der Waals surface area contributed by atoms with Crippen molar-refractivity contribution in [2.45, 2.75) is 6.23 Å². The number of carbonyl (C=O) groups is 1. The molecule has 0 bridgehead atoms. The summed E-state index contributed by atoms with van der Waals surface area (Å²) >= 11 is 0. The molecule has 0 spiro atoms. The van der Waals surface area contributed by atoms with Gasteiger partial charge in [0.25, 0.3) is 0 Å². The fourth-order valence-electron chi connectivity index (χ4n) is 1.50. The number of aliphatic hydroxyl groups excluding tert-OH is 1. The first-order valence-electron chi connectivity index (χ1n) is 4.83. The molecule has 4 heteroatoms. The number of rotatable bonds is 2. The molecule has 82 valence electrons. The van der Waals surface area contributed by atoms with Crippen molar-refractivity contribution in [3.05, 3.63) is 54.3 Å². The second-order valence-corrected chi connectivity index (χ2v) is 3.40.